The second-order valence-electron chi connectivity index (χ2n) is 7.47. The summed E-state index contributed by atoms with van der Waals surface area (Å²) in [5.74, 6) is 1.95. The molecule has 0 spiro atoms. The zero-order valence-electron chi connectivity index (χ0n) is 17.6. The maximum atomic E-state index is 12.7. The lowest BCUT2D eigenvalue weighted by molar-refractivity contribution is 0.0972. The lowest BCUT2D eigenvalue weighted by atomic mass is 9.95. The van der Waals surface area contributed by atoms with Crippen LogP contribution in [-0.4, -0.2) is 22.4 Å². The third kappa shape index (κ3) is 4.13. The molecule has 30 heavy (non-hydrogen) atoms. The molecule has 154 valence electrons. The molecule has 2 N–H and O–H groups in total. The first kappa shape index (κ1) is 19.9. The molecule has 0 aliphatic heterocycles. The number of para-hydroxylation sites is 1. The number of carbonyl (C=O) groups excluding carboxylic acids is 1. The minimum atomic E-state index is 0.0950. The van der Waals surface area contributed by atoms with Gasteiger partial charge >= 0.3 is 0 Å². The fraction of sp³-hybridized carbons (Fsp3) is 0.292. The van der Waals surface area contributed by atoms with Gasteiger partial charge < -0.3 is 15.4 Å². The molecule has 1 heterocycles. The molecule has 0 amide bonds. The zero-order valence-corrected chi connectivity index (χ0v) is 17.6. The van der Waals surface area contributed by atoms with Crippen LogP contribution in [0.5, 0.6) is 5.75 Å². The maximum Gasteiger partial charge on any atom is 0.229 e. The number of ketones is 1. The van der Waals surface area contributed by atoms with Gasteiger partial charge in [-0.2, -0.15) is 4.98 Å². The molecule has 0 atom stereocenters. The van der Waals surface area contributed by atoms with Crippen molar-refractivity contribution in [2.75, 3.05) is 17.2 Å². The van der Waals surface area contributed by atoms with E-state index in [0.717, 1.165) is 46.8 Å². The highest BCUT2D eigenvalue weighted by molar-refractivity contribution is 6.03. The van der Waals surface area contributed by atoms with Crippen molar-refractivity contribution in [1.82, 2.24) is 9.97 Å². The number of aryl methyl sites for hydroxylation is 3. The van der Waals surface area contributed by atoms with Crippen molar-refractivity contribution in [3.63, 3.8) is 0 Å². The van der Waals surface area contributed by atoms with Crippen LogP contribution >= 0.6 is 0 Å². The quantitative estimate of drug-likeness (QED) is 0.567. The van der Waals surface area contributed by atoms with E-state index in [-0.39, 0.29) is 5.78 Å². The molecular formula is C24H26N4O2. The molecule has 1 aliphatic rings. The van der Waals surface area contributed by atoms with E-state index in [2.05, 4.69) is 20.6 Å². The molecule has 0 saturated heterocycles. The van der Waals surface area contributed by atoms with Gasteiger partial charge in [-0.25, -0.2) is 4.98 Å². The summed E-state index contributed by atoms with van der Waals surface area (Å²) in [5.41, 5.74) is 5.45. The van der Waals surface area contributed by atoms with Crippen molar-refractivity contribution in [2.45, 2.75) is 40.0 Å². The first-order valence-electron chi connectivity index (χ1n) is 10.3. The standard InChI is InChI=1S/C24H26N4O2/c1-4-30-18-13-11-17(12-14-18)25-24-26-19-9-6-10-20(29)21(19)23(28-24)27-22-15(2)7-5-8-16(22)3/h5,7-8,11-14H,4,6,9-10H2,1-3H3,(H2,25,26,27,28). The number of rotatable bonds is 6. The molecule has 0 unspecified atom stereocenters. The number of ether oxygens (including phenoxy) is 1. The van der Waals surface area contributed by atoms with Gasteiger partial charge in [0.05, 0.1) is 17.9 Å². The third-order valence-electron chi connectivity index (χ3n) is 5.23. The van der Waals surface area contributed by atoms with Crippen molar-refractivity contribution in [1.29, 1.82) is 0 Å². The van der Waals surface area contributed by atoms with E-state index in [1.165, 1.54) is 0 Å². The van der Waals surface area contributed by atoms with Crippen LogP contribution in [0.15, 0.2) is 42.5 Å². The predicted molar refractivity (Wildman–Crippen MR) is 119 cm³/mol. The summed E-state index contributed by atoms with van der Waals surface area (Å²) in [6.45, 7) is 6.68. The summed E-state index contributed by atoms with van der Waals surface area (Å²) in [6, 6.07) is 13.8. The normalized spacial score (nSPS) is 13.0. The Labute approximate surface area is 176 Å². The Morgan fingerprint density at radius 2 is 1.70 bits per heavy atom. The Balaban J connectivity index is 1.70. The van der Waals surface area contributed by atoms with E-state index in [0.29, 0.717) is 30.4 Å². The summed E-state index contributed by atoms with van der Waals surface area (Å²) < 4.78 is 5.50. The fourth-order valence-electron chi connectivity index (χ4n) is 3.73. The van der Waals surface area contributed by atoms with Gasteiger partial charge in [-0.3, -0.25) is 4.79 Å². The van der Waals surface area contributed by atoms with Gasteiger partial charge in [0.15, 0.2) is 5.78 Å². The van der Waals surface area contributed by atoms with E-state index < -0.39 is 0 Å². The molecule has 6 nitrogen and oxygen atoms in total. The number of carbonyl (C=O) groups is 1. The van der Waals surface area contributed by atoms with Crippen LogP contribution in [0.1, 0.15) is 46.9 Å². The lowest BCUT2D eigenvalue weighted by Crippen LogP contribution is -2.18. The Morgan fingerprint density at radius 3 is 2.40 bits per heavy atom. The maximum absolute atomic E-state index is 12.7. The molecule has 0 bridgehead atoms. The van der Waals surface area contributed by atoms with E-state index in [9.17, 15) is 4.79 Å². The zero-order chi connectivity index (χ0) is 21.1. The van der Waals surface area contributed by atoms with E-state index >= 15 is 0 Å². The first-order chi connectivity index (χ1) is 14.5. The van der Waals surface area contributed by atoms with Gasteiger partial charge in [-0.15, -0.1) is 0 Å². The molecular weight excluding hydrogens is 376 g/mol. The highest BCUT2D eigenvalue weighted by atomic mass is 16.5. The van der Waals surface area contributed by atoms with E-state index in [4.69, 9.17) is 4.74 Å². The topological polar surface area (TPSA) is 76.1 Å². The SMILES string of the molecule is CCOc1ccc(Nc2nc3c(c(Nc4c(C)cccc4C)n2)C(=O)CCC3)cc1. The highest BCUT2D eigenvalue weighted by Gasteiger charge is 2.25. The number of hydrogen-bond donors (Lipinski definition) is 2. The molecule has 0 saturated carbocycles. The fourth-order valence-corrected chi connectivity index (χ4v) is 3.73. The van der Waals surface area contributed by atoms with Crippen LogP contribution in [0.2, 0.25) is 0 Å². The van der Waals surface area contributed by atoms with Crippen molar-refractivity contribution >= 4 is 28.9 Å². The number of anilines is 4. The molecule has 6 heteroatoms. The van der Waals surface area contributed by atoms with Gasteiger partial charge in [0.1, 0.15) is 11.6 Å². The number of nitrogens with one attached hydrogen (secondary N) is 2. The Hall–Kier alpha value is -3.41. The third-order valence-corrected chi connectivity index (χ3v) is 5.23. The average Bonchev–Trinajstić information content (AvgIpc) is 2.72. The molecule has 1 aliphatic carbocycles. The summed E-state index contributed by atoms with van der Waals surface area (Å²) in [4.78, 5) is 22.0. The number of Topliss-reactive ketones (excluding diaryl/α,β-unsaturated/α-hetero) is 1. The minimum absolute atomic E-state index is 0.0950. The molecule has 2 aromatic carbocycles. The summed E-state index contributed by atoms with van der Waals surface area (Å²) in [7, 11) is 0. The number of nitrogens with zero attached hydrogens (tertiary/aromatic N) is 2. The van der Waals surface area contributed by atoms with Gasteiger partial charge in [0, 0.05) is 17.8 Å². The van der Waals surface area contributed by atoms with Crippen molar-refractivity contribution < 1.29 is 9.53 Å². The first-order valence-corrected chi connectivity index (χ1v) is 10.3. The second-order valence-corrected chi connectivity index (χ2v) is 7.47. The Bertz CT molecular complexity index is 1060. The minimum Gasteiger partial charge on any atom is -0.494 e. The number of aromatic nitrogens is 2. The summed E-state index contributed by atoms with van der Waals surface area (Å²) in [6.07, 6.45) is 2.11. The van der Waals surface area contributed by atoms with Crippen molar-refractivity contribution in [3.8, 4) is 5.75 Å². The van der Waals surface area contributed by atoms with Gasteiger partial charge in [0.25, 0.3) is 0 Å². The largest absolute Gasteiger partial charge is 0.494 e. The molecule has 1 aromatic heterocycles. The average molecular weight is 402 g/mol. The van der Waals surface area contributed by atoms with E-state index in [1.54, 1.807) is 0 Å². The van der Waals surface area contributed by atoms with Crippen LogP contribution in [0.4, 0.5) is 23.1 Å². The van der Waals surface area contributed by atoms with Gasteiger partial charge in [-0.05, 0) is 69.0 Å². The highest BCUT2D eigenvalue weighted by Crippen LogP contribution is 2.32. The van der Waals surface area contributed by atoms with E-state index in [1.807, 2.05) is 63.2 Å². The number of benzene rings is 2. The van der Waals surface area contributed by atoms with Gasteiger partial charge in [-0.1, -0.05) is 18.2 Å². The van der Waals surface area contributed by atoms with Crippen LogP contribution < -0.4 is 15.4 Å². The Morgan fingerprint density at radius 1 is 0.967 bits per heavy atom. The second kappa shape index (κ2) is 8.53. The lowest BCUT2D eigenvalue weighted by Gasteiger charge is -2.20. The molecule has 0 fully saturated rings. The molecule has 0 radical (unpaired) electrons. The smallest absolute Gasteiger partial charge is 0.229 e. The summed E-state index contributed by atoms with van der Waals surface area (Å²) >= 11 is 0. The number of hydrogen-bond acceptors (Lipinski definition) is 6. The Kier molecular flexibility index (Phi) is 5.65. The van der Waals surface area contributed by atoms with Gasteiger partial charge in [0.2, 0.25) is 5.95 Å². The monoisotopic (exact) mass is 402 g/mol. The molecule has 4 rings (SSSR count). The van der Waals surface area contributed by atoms with Crippen LogP contribution in [0.25, 0.3) is 0 Å². The van der Waals surface area contributed by atoms with Crippen molar-refractivity contribution in [2.24, 2.45) is 0 Å². The predicted octanol–water partition coefficient (Wildman–Crippen LogP) is 5.50. The number of fused-ring (bicyclic) bond motifs is 1. The van der Waals surface area contributed by atoms with Crippen LogP contribution in [-0.2, 0) is 6.42 Å². The van der Waals surface area contributed by atoms with Crippen LogP contribution in [0.3, 0.4) is 0 Å². The van der Waals surface area contributed by atoms with Crippen molar-refractivity contribution in [3.05, 3.63) is 64.8 Å². The summed E-state index contributed by atoms with van der Waals surface area (Å²) in [5, 5.41) is 6.68. The van der Waals surface area contributed by atoms with Crippen LogP contribution in [0, 0.1) is 13.8 Å². The molecule has 3 aromatic rings.